The summed E-state index contributed by atoms with van der Waals surface area (Å²) in [6.07, 6.45) is 0.485. The fourth-order valence-corrected chi connectivity index (χ4v) is 4.41. The van der Waals surface area contributed by atoms with Crippen LogP contribution >= 0.6 is 11.3 Å². The molecule has 2 heterocycles. The van der Waals surface area contributed by atoms with Gasteiger partial charge in [-0.2, -0.15) is 0 Å². The maximum atomic E-state index is 12.4. The van der Waals surface area contributed by atoms with Crippen LogP contribution in [-0.4, -0.2) is 60.5 Å². The highest BCUT2D eigenvalue weighted by molar-refractivity contribution is 7.14. The molecular weight excluding hydrogens is 408 g/mol. The molecule has 0 atom stereocenters. The number of carbonyl (C=O) groups excluding carboxylic acids is 1. The van der Waals surface area contributed by atoms with Gasteiger partial charge in [0.15, 0.2) is 5.13 Å². The molecule has 0 saturated carbocycles. The van der Waals surface area contributed by atoms with Crippen molar-refractivity contribution in [2.24, 2.45) is 0 Å². The van der Waals surface area contributed by atoms with E-state index < -0.39 is 0 Å². The first-order chi connectivity index (χ1) is 15.2. The number of rotatable bonds is 8. The molecule has 162 valence electrons. The number of hydrogen-bond acceptors (Lipinski definition) is 6. The molecule has 3 aromatic rings. The van der Waals surface area contributed by atoms with Gasteiger partial charge in [0.2, 0.25) is 5.91 Å². The Morgan fingerprint density at radius 3 is 2.45 bits per heavy atom. The number of hydrogen-bond donors (Lipinski definition) is 1. The smallest absolute Gasteiger partial charge is 0.227 e. The summed E-state index contributed by atoms with van der Waals surface area (Å²) in [5.41, 5.74) is 3.26. The lowest BCUT2D eigenvalue weighted by atomic mass is 10.2. The SMILES string of the molecule is COc1ccc(CN2CCN(CCC(=O)Nc3nc(-c4ccccc4)cs3)CC2)cc1. The van der Waals surface area contributed by atoms with Crippen molar-refractivity contribution in [1.29, 1.82) is 0 Å². The summed E-state index contributed by atoms with van der Waals surface area (Å²) in [5, 5.41) is 5.58. The Morgan fingerprint density at radius 2 is 1.74 bits per heavy atom. The number of ether oxygens (including phenoxy) is 1. The van der Waals surface area contributed by atoms with Crippen LogP contribution in [0, 0.1) is 0 Å². The summed E-state index contributed by atoms with van der Waals surface area (Å²) in [6, 6.07) is 18.3. The Kier molecular flexibility index (Phi) is 7.30. The van der Waals surface area contributed by atoms with Crippen molar-refractivity contribution in [3.8, 4) is 17.0 Å². The molecule has 31 heavy (non-hydrogen) atoms. The maximum Gasteiger partial charge on any atom is 0.227 e. The van der Waals surface area contributed by atoms with E-state index in [9.17, 15) is 4.79 Å². The molecule has 4 rings (SSSR count). The van der Waals surface area contributed by atoms with Gasteiger partial charge in [-0.05, 0) is 17.7 Å². The summed E-state index contributed by atoms with van der Waals surface area (Å²) < 4.78 is 5.22. The number of aromatic nitrogens is 1. The van der Waals surface area contributed by atoms with E-state index in [1.165, 1.54) is 16.9 Å². The van der Waals surface area contributed by atoms with Crippen molar-refractivity contribution >= 4 is 22.4 Å². The normalized spacial score (nSPS) is 15.0. The van der Waals surface area contributed by atoms with E-state index in [1.807, 2.05) is 47.8 Å². The quantitative estimate of drug-likeness (QED) is 0.579. The van der Waals surface area contributed by atoms with Crippen LogP contribution in [0.5, 0.6) is 5.75 Å². The molecule has 0 unspecified atom stereocenters. The second-order valence-corrected chi connectivity index (χ2v) is 8.53. The van der Waals surface area contributed by atoms with Crippen LogP contribution < -0.4 is 10.1 Å². The molecule has 6 nitrogen and oxygen atoms in total. The standard InChI is InChI=1S/C24H28N4O2S/c1-30-21-9-7-19(8-10-21)17-28-15-13-27(14-16-28)12-11-23(29)26-24-25-22(18-31-24)20-5-3-2-4-6-20/h2-10,18H,11-17H2,1H3,(H,25,26,29). The van der Waals surface area contributed by atoms with Crippen LogP contribution in [0.2, 0.25) is 0 Å². The largest absolute Gasteiger partial charge is 0.497 e. The van der Waals surface area contributed by atoms with Crippen molar-refractivity contribution in [2.75, 3.05) is 45.2 Å². The summed E-state index contributed by atoms with van der Waals surface area (Å²) in [7, 11) is 1.69. The fourth-order valence-electron chi connectivity index (χ4n) is 3.67. The van der Waals surface area contributed by atoms with Gasteiger partial charge < -0.3 is 15.0 Å². The molecule has 1 aliphatic heterocycles. The second-order valence-electron chi connectivity index (χ2n) is 7.67. The topological polar surface area (TPSA) is 57.7 Å². The molecule has 1 aliphatic rings. The van der Waals surface area contributed by atoms with Gasteiger partial charge in [0, 0.05) is 56.6 Å². The number of nitrogens with zero attached hydrogens (tertiary/aromatic N) is 3. The van der Waals surface area contributed by atoms with Crippen molar-refractivity contribution in [1.82, 2.24) is 14.8 Å². The maximum absolute atomic E-state index is 12.4. The number of benzene rings is 2. The Bertz CT molecular complexity index is 967. The van der Waals surface area contributed by atoms with E-state index in [2.05, 4.69) is 32.2 Å². The van der Waals surface area contributed by atoms with Gasteiger partial charge in [-0.1, -0.05) is 42.5 Å². The predicted molar refractivity (Wildman–Crippen MR) is 126 cm³/mol. The number of carbonyl (C=O) groups is 1. The molecule has 2 aromatic carbocycles. The van der Waals surface area contributed by atoms with Crippen molar-refractivity contribution in [2.45, 2.75) is 13.0 Å². The number of nitrogens with one attached hydrogen (secondary N) is 1. The first-order valence-corrected chi connectivity index (χ1v) is 11.5. The predicted octanol–water partition coefficient (Wildman–Crippen LogP) is 3.97. The molecule has 0 aliphatic carbocycles. The number of methoxy groups -OCH3 is 1. The van der Waals surface area contributed by atoms with Gasteiger partial charge in [-0.3, -0.25) is 9.69 Å². The van der Waals surface area contributed by atoms with E-state index in [4.69, 9.17) is 4.74 Å². The van der Waals surface area contributed by atoms with E-state index in [0.29, 0.717) is 11.6 Å². The zero-order valence-electron chi connectivity index (χ0n) is 17.8. The zero-order valence-corrected chi connectivity index (χ0v) is 18.6. The van der Waals surface area contributed by atoms with E-state index in [0.717, 1.165) is 56.3 Å². The molecule has 1 N–H and O–H groups in total. The van der Waals surface area contributed by atoms with E-state index in [1.54, 1.807) is 7.11 Å². The van der Waals surface area contributed by atoms with Crippen molar-refractivity contribution in [3.05, 3.63) is 65.5 Å². The number of piperazine rings is 1. The van der Waals surface area contributed by atoms with E-state index in [-0.39, 0.29) is 5.91 Å². The summed E-state index contributed by atoms with van der Waals surface area (Å²) in [5.74, 6) is 0.913. The Hall–Kier alpha value is -2.74. The Morgan fingerprint density at radius 1 is 1.03 bits per heavy atom. The molecule has 7 heteroatoms. The van der Waals surface area contributed by atoms with Gasteiger partial charge in [0.05, 0.1) is 12.8 Å². The van der Waals surface area contributed by atoms with Crippen LogP contribution in [0.25, 0.3) is 11.3 Å². The summed E-state index contributed by atoms with van der Waals surface area (Å²) >= 11 is 1.47. The van der Waals surface area contributed by atoms with Crippen LogP contribution in [0.15, 0.2) is 60.0 Å². The molecule has 1 aromatic heterocycles. The van der Waals surface area contributed by atoms with Gasteiger partial charge in [-0.15, -0.1) is 11.3 Å². The minimum absolute atomic E-state index is 0.0228. The zero-order chi connectivity index (χ0) is 21.5. The fraction of sp³-hybridized carbons (Fsp3) is 0.333. The van der Waals surface area contributed by atoms with Gasteiger partial charge >= 0.3 is 0 Å². The molecule has 0 bridgehead atoms. The van der Waals surface area contributed by atoms with Gasteiger partial charge in [0.25, 0.3) is 0 Å². The molecule has 1 amide bonds. The first-order valence-electron chi connectivity index (χ1n) is 10.6. The van der Waals surface area contributed by atoms with Gasteiger partial charge in [-0.25, -0.2) is 4.98 Å². The van der Waals surface area contributed by atoms with Gasteiger partial charge in [0.1, 0.15) is 5.75 Å². The van der Waals surface area contributed by atoms with Crippen LogP contribution in [-0.2, 0) is 11.3 Å². The number of thiazole rings is 1. The van der Waals surface area contributed by atoms with Crippen LogP contribution in [0.3, 0.4) is 0 Å². The highest BCUT2D eigenvalue weighted by Gasteiger charge is 2.18. The highest BCUT2D eigenvalue weighted by atomic mass is 32.1. The molecule has 0 radical (unpaired) electrons. The third-order valence-corrected chi connectivity index (χ3v) is 6.26. The average Bonchev–Trinajstić information content (AvgIpc) is 3.28. The average molecular weight is 437 g/mol. The third kappa shape index (κ3) is 6.13. The number of amides is 1. The molecular formula is C24H28N4O2S. The lowest BCUT2D eigenvalue weighted by molar-refractivity contribution is -0.116. The Labute approximate surface area is 187 Å². The first kappa shape index (κ1) is 21.5. The van der Waals surface area contributed by atoms with Crippen LogP contribution in [0.1, 0.15) is 12.0 Å². The monoisotopic (exact) mass is 436 g/mol. The van der Waals surface area contributed by atoms with E-state index >= 15 is 0 Å². The van der Waals surface area contributed by atoms with Crippen molar-refractivity contribution in [3.63, 3.8) is 0 Å². The highest BCUT2D eigenvalue weighted by Crippen LogP contribution is 2.24. The summed E-state index contributed by atoms with van der Waals surface area (Å²) in [4.78, 5) is 21.7. The lowest BCUT2D eigenvalue weighted by Crippen LogP contribution is -2.46. The summed E-state index contributed by atoms with van der Waals surface area (Å²) in [6.45, 7) is 5.73. The number of anilines is 1. The second kappa shape index (κ2) is 10.5. The Balaban J connectivity index is 1.17. The molecule has 1 fully saturated rings. The minimum Gasteiger partial charge on any atom is -0.497 e. The molecule has 1 saturated heterocycles. The molecule has 0 spiro atoms. The lowest BCUT2D eigenvalue weighted by Gasteiger charge is -2.34. The van der Waals surface area contributed by atoms with Crippen LogP contribution in [0.4, 0.5) is 5.13 Å². The van der Waals surface area contributed by atoms with Crippen molar-refractivity contribution < 1.29 is 9.53 Å². The minimum atomic E-state index is 0.0228. The third-order valence-electron chi connectivity index (χ3n) is 5.51.